The van der Waals surface area contributed by atoms with Gasteiger partial charge in [0.2, 0.25) is 0 Å². The molecular formula is C14H25N3O2. The molecule has 1 saturated heterocycles. The van der Waals surface area contributed by atoms with Gasteiger partial charge < -0.3 is 14.8 Å². The Kier molecular flexibility index (Phi) is 5.22. The fraction of sp³-hybridized carbons (Fsp3) is 0.786. The highest BCUT2D eigenvalue weighted by atomic mass is 16.5. The Morgan fingerprint density at radius 2 is 2.26 bits per heavy atom. The lowest BCUT2D eigenvalue weighted by Crippen LogP contribution is -2.32. The molecule has 2 unspecified atom stereocenters. The Morgan fingerprint density at radius 3 is 2.95 bits per heavy atom. The van der Waals surface area contributed by atoms with Gasteiger partial charge in [-0.15, -0.1) is 0 Å². The first-order valence-electron chi connectivity index (χ1n) is 7.21. The lowest BCUT2D eigenvalue weighted by Gasteiger charge is -2.16. The Bertz CT molecular complexity index is 379. The van der Waals surface area contributed by atoms with Crippen LogP contribution in [0.25, 0.3) is 0 Å². The molecule has 0 aromatic carbocycles. The Balaban J connectivity index is 1.67. The van der Waals surface area contributed by atoms with E-state index in [1.54, 1.807) is 6.20 Å². The van der Waals surface area contributed by atoms with E-state index in [9.17, 15) is 0 Å². The number of nitrogens with one attached hydrogen (secondary N) is 1. The van der Waals surface area contributed by atoms with Crippen molar-refractivity contribution < 1.29 is 9.47 Å². The van der Waals surface area contributed by atoms with Crippen LogP contribution in [0.2, 0.25) is 0 Å². The third-order valence-electron chi connectivity index (χ3n) is 3.32. The second-order valence-corrected chi connectivity index (χ2v) is 5.36. The van der Waals surface area contributed by atoms with Crippen LogP contribution in [-0.2, 0) is 11.3 Å². The van der Waals surface area contributed by atoms with Crippen molar-refractivity contribution in [2.45, 2.75) is 58.4 Å². The van der Waals surface area contributed by atoms with Crippen molar-refractivity contribution in [1.82, 2.24) is 15.1 Å². The van der Waals surface area contributed by atoms with Crippen molar-refractivity contribution in [3.8, 4) is 5.75 Å². The number of rotatable bonds is 7. The van der Waals surface area contributed by atoms with Gasteiger partial charge in [0.15, 0.2) is 5.75 Å². The van der Waals surface area contributed by atoms with Gasteiger partial charge in [0.05, 0.1) is 24.6 Å². The van der Waals surface area contributed by atoms with E-state index in [0.717, 1.165) is 31.7 Å². The van der Waals surface area contributed by atoms with Crippen LogP contribution in [0.1, 0.15) is 33.6 Å². The predicted molar refractivity (Wildman–Crippen MR) is 74.4 cm³/mol. The third kappa shape index (κ3) is 4.51. The lowest BCUT2D eigenvalue weighted by molar-refractivity contribution is 0.0178. The summed E-state index contributed by atoms with van der Waals surface area (Å²) < 4.78 is 13.5. The summed E-state index contributed by atoms with van der Waals surface area (Å²) in [5, 5.41) is 7.60. The Hall–Kier alpha value is -1.07. The molecule has 1 fully saturated rings. The minimum atomic E-state index is 0.212. The fourth-order valence-electron chi connectivity index (χ4n) is 2.20. The largest absolute Gasteiger partial charge is 0.488 e. The summed E-state index contributed by atoms with van der Waals surface area (Å²) in [7, 11) is 0. The van der Waals surface area contributed by atoms with Crippen LogP contribution in [0.4, 0.5) is 0 Å². The van der Waals surface area contributed by atoms with Gasteiger partial charge in [-0.1, -0.05) is 13.8 Å². The number of nitrogens with zero attached hydrogens (tertiary/aromatic N) is 2. The molecule has 108 valence electrons. The molecule has 0 bridgehead atoms. The molecule has 5 nitrogen and oxygen atoms in total. The smallest absolute Gasteiger partial charge is 0.157 e. The van der Waals surface area contributed by atoms with Gasteiger partial charge in [-0.3, -0.25) is 4.68 Å². The fourth-order valence-corrected chi connectivity index (χ4v) is 2.20. The van der Waals surface area contributed by atoms with E-state index in [1.165, 1.54) is 0 Å². The van der Waals surface area contributed by atoms with Crippen LogP contribution in [0.3, 0.4) is 0 Å². The summed E-state index contributed by atoms with van der Waals surface area (Å²) >= 11 is 0. The van der Waals surface area contributed by atoms with Crippen molar-refractivity contribution in [2.75, 3.05) is 13.2 Å². The molecule has 2 rings (SSSR count). The summed E-state index contributed by atoms with van der Waals surface area (Å²) in [6.07, 6.45) is 6.41. The monoisotopic (exact) mass is 267 g/mol. The molecule has 1 aliphatic rings. The molecule has 0 amide bonds. The molecule has 0 aliphatic carbocycles. The van der Waals surface area contributed by atoms with Gasteiger partial charge in [0, 0.05) is 19.1 Å². The third-order valence-corrected chi connectivity index (χ3v) is 3.32. The van der Waals surface area contributed by atoms with Crippen LogP contribution in [0.5, 0.6) is 5.75 Å². The molecule has 19 heavy (non-hydrogen) atoms. The first kappa shape index (κ1) is 14.3. The van der Waals surface area contributed by atoms with E-state index in [-0.39, 0.29) is 6.10 Å². The molecule has 1 N–H and O–H groups in total. The highest BCUT2D eigenvalue weighted by molar-refractivity contribution is 5.11. The second-order valence-electron chi connectivity index (χ2n) is 5.36. The molecule has 2 atom stereocenters. The van der Waals surface area contributed by atoms with Crippen LogP contribution in [0, 0.1) is 0 Å². The zero-order valence-corrected chi connectivity index (χ0v) is 12.1. The van der Waals surface area contributed by atoms with E-state index >= 15 is 0 Å². The SMILES string of the molecule is CCn1cc(OCC2CCC(CNC(C)C)O2)cn1. The summed E-state index contributed by atoms with van der Waals surface area (Å²) in [6, 6.07) is 0.513. The van der Waals surface area contributed by atoms with Gasteiger partial charge in [-0.25, -0.2) is 0 Å². The van der Waals surface area contributed by atoms with Crippen molar-refractivity contribution in [2.24, 2.45) is 0 Å². The summed E-state index contributed by atoms with van der Waals surface area (Å²) in [5.74, 6) is 0.828. The topological polar surface area (TPSA) is 48.3 Å². The molecule has 2 heterocycles. The summed E-state index contributed by atoms with van der Waals surface area (Å²) in [5.41, 5.74) is 0. The highest BCUT2D eigenvalue weighted by Gasteiger charge is 2.25. The first-order chi connectivity index (χ1) is 9.17. The molecule has 0 saturated carbocycles. The quantitative estimate of drug-likeness (QED) is 0.819. The first-order valence-corrected chi connectivity index (χ1v) is 7.21. The molecule has 1 aliphatic heterocycles. The van der Waals surface area contributed by atoms with Gasteiger partial charge in [-0.2, -0.15) is 5.10 Å². The summed E-state index contributed by atoms with van der Waals surface area (Å²) in [6.45, 7) is 8.78. The minimum Gasteiger partial charge on any atom is -0.488 e. The molecule has 0 radical (unpaired) electrons. The Morgan fingerprint density at radius 1 is 1.47 bits per heavy atom. The highest BCUT2D eigenvalue weighted by Crippen LogP contribution is 2.20. The van der Waals surface area contributed by atoms with E-state index in [0.29, 0.717) is 18.8 Å². The van der Waals surface area contributed by atoms with Crippen molar-refractivity contribution in [3.05, 3.63) is 12.4 Å². The maximum atomic E-state index is 5.95. The van der Waals surface area contributed by atoms with Crippen molar-refractivity contribution in [1.29, 1.82) is 0 Å². The van der Waals surface area contributed by atoms with Crippen LogP contribution < -0.4 is 10.1 Å². The van der Waals surface area contributed by atoms with Crippen molar-refractivity contribution >= 4 is 0 Å². The molecule has 1 aromatic heterocycles. The zero-order valence-electron chi connectivity index (χ0n) is 12.1. The standard InChI is InChI=1S/C14H25N3O2/c1-4-17-9-14(8-16-17)18-10-13-6-5-12(19-13)7-15-11(2)3/h8-9,11-13,15H,4-7,10H2,1-3H3. The maximum absolute atomic E-state index is 5.95. The number of hydrogen-bond acceptors (Lipinski definition) is 4. The molecular weight excluding hydrogens is 242 g/mol. The van der Waals surface area contributed by atoms with Gasteiger partial charge in [-0.05, 0) is 19.8 Å². The number of hydrogen-bond donors (Lipinski definition) is 1. The Labute approximate surface area is 115 Å². The van der Waals surface area contributed by atoms with E-state index < -0.39 is 0 Å². The number of aryl methyl sites for hydroxylation is 1. The predicted octanol–water partition coefficient (Wildman–Crippen LogP) is 1.83. The van der Waals surface area contributed by atoms with E-state index in [2.05, 4.69) is 31.2 Å². The van der Waals surface area contributed by atoms with E-state index in [4.69, 9.17) is 9.47 Å². The minimum absolute atomic E-state index is 0.212. The molecule has 0 spiro atoms. The van der Waals surface area contributed by atoms with Crippen LogP contribution in [-0.4, -0.2) is 41.2 Å². The maximum Gasteiger partial charge on any atom is 0.157 e. The number of ether oxygens (including phenoxy) is 2. The molecule has 5 heteroatoms. The average molecular weight is 267 g/mol. The van der Waals surface area contributed by atoms with Crippen molar-refractivity contribution in [3.63, 3.8) is 0 Å². The van der Waals surface area contributed by atoms with Crippen LogP contribution in [0.15, 0.2) is 12.4 Å². The summed E-state index contributed by atoms with van der Waals surface area (Å²) in [4.78, 5) is 0. The van der Waals surface area contributed by atoms with Gasteiger partial charge in [0.1, 0.15) is 6.61 Å². The van der Waals surface area contributed by atoms with Gasteiger partial charge in [0.25, 0.3) is 0 Å². The molecule has 1 aromatic rings. The zero-order chi connectivity index (χ0) is 13.7. The number of aromatic nitrogens is 2. The second kappa shape index (κ2) is 6.91. The lowest BCUT2D eigenvalue weighted by atomic mass is 10.2. The normalized spacial score (nSPS) is 23.2. The van der Waals surface area contributed by atoms with Crippen LogP contribution >= 0.6 is 0 Å². The van der Waals surface area contributed by atoms with E-state index in [1.807, 2.05) is 10.9 Å². The van der Waals surface area contributed by atoms with Gasteiger partial charge >= 0.3 is 0 Å². The average Bonchev–Trinajstić information content (AvgIpc) is 3.03.